The number of hydrogen-bond donors (Lipinski definition) is 1. The molecule has 0 saturated carbocycles. The van der Waals surface area contributed by atoms with Gasteiger partial charge in [-0.1, -0.05) is 62.9 Å². The number of aliphatic hydroxyl groups is 1. The molecule has 0 aromatic heterocycles. The zero-order valence-electron chi connectivity index (χ0n) is 13.1. The van der Waals surface area contributed by atoms with Crippen LogP contribution in [0.1, 0.15) is 51.0 Å². The average molecular weight is 413 g/mol. The highest BCUT2D eigenvalue weighted by Crippen LogP contribution is 2.38. The van der Waals surface area contributed by atoms with Gasteiger partial charge >= 0.3 is 0 Å². The minimum Gasteiger partial charge on any atom is -0.366 e. The van der Waals surface area contributed by atoms with E-state index >= 15 is 0 Å². The van der Waals surface area contributed by atoms with E-state index in [2.05, 4.69) is 29.5 Å². The number of halogens is 1. The third kappa shape index (κ3) is 4.10. The first-order chi connectivity index (χ1) is 10.6. The summed E-state index contributed by atoms with van der Waals surface area (Å²) < 4.78 is 0.738. The molecule has 22 heavy (non-hydrogen) atoms. The van der Waals surface area contributed by atoms with E-state index in [4.69, 9.17) is 0 Å². The molecule has 1 heterocycles. The van der Waals surface area contributed by atoms with Crippen molar-refractivity contribution in [2.24, 2.45) is 0 Å². The van der Waals surface area contributed by atoms with E-state index in [1.165, 1.54) is 19.3 Å². The number of rotatable bonds is 8. The molecule has 2 rings (SSSR count). The fourth-order valence-corrected chi connectivity index (χ4v) is 3.64. The van der Waals surface area contributed by atoms with E-state index in [1.54, 1.807) is 11.0 Å². The smallest absolute Gasteiger partial charge is 0.250 e. The van der Waals surface area contributed by atoms with Crippen LogP contribution in [-0.4, -0.2) is 21.6 Å². The third-order valence-electron chi connectivity index (χ3n) is 4.16. The van der Waals surface area contributed by atoms with Gasteiger partial charge in [-0.25, -0.2) is 0 Å². The molecule has 0 spiro atoms. The zero-order chi connectivity index (χ0) is 16.0. The normalized spacial score (nSPS) is 21.3. The topological polar surface area (TPSA) is 40.5 Å². The number of hydrogen-bond acceptors (Lipinski definition) is 2. The zero-order valence-corrected chi connectivity index (χ0v) is 15.3. The standard InChI is InChI=1S/C18H24INO2/c1-2-3-4-5-9-12-18(22)16(19)13-17(21)20(18)14-15-10-7-6-8-11-15/h6-8,10-11,13,22H,2-5,9,12,14H2,1H3. The van der Waals surface area contributed by atoms with Crippen molar-refractivity contribution in [1.29, 1.82) is 0 Å². The molecular weight excluding hydrogens is 389 g/mol. The van der Waals surface area contributed by atoms with Crippen molar-refractivity contribution in [3.63, 3.8) is 0 Å². The molecule has 0 saturated heterocycles. The largest absolute Gasteiger partial charge is 0.366 e. The summed E-state index contributed by atoms with van der Waals surface area (Å²) in [5.74, 6) is -0.0932. The number of nitrogens with zero attached hydrogens (tertiary/aromatic N) is 1. The van der Waals surface area contributed by atoms with Gasteiger partial charge in [-0.3, -0.25) is 4.79 Å². The fourth-order valence-electron chi connectivity index (χ4n) is 2.82. The molecule has 1 aliphatic rings. The molecular formula is C18H24INO2. The summed E-state index contributed by atoms with van der Waals surface area (Å²) >= 11 is 2.10. The molecule has 1 aromatic carbocycles. The average Bonchev–Trinajstić information content (AvgIpc) is 2.72. The van der Waals surface area contributed by atoms with E-state index in [0.717, 1.165) is 22.0 Å². The Morgan fingerprint density at radius 3 is 2.50 bits per heavy atom. The molecule has 1 aliphatic heterocycles. The van der Waals surface area contributed by atoms with Crippen LogP contribution in [0, 0.1) is 0 Å². The molecule has 1 aromatic rings. The van der Waals surface area contributed by atoms with Gasteiger partial charge in [0.05, 0.1) is 0 Å². The molecule has 1 N–H and O–H groups in total. The Hall–Kier alpha value is -0.880. The van der Waals surface area contributed by atoms with Gasteiger partial charge in [0.25, 0.3) is 0 Å². The monoisotopic (exact) mass is 413 g/mol. The molecule has 3 nitrogen and oxygen atoms in total. The molecule has 0 radical (unpaired) electrons. The maximum atomic E-state index is 12.2. The second-order valence-electron chi connectivity index (χ2n) is 5.88. The summed E-state index contributed by atoms with van der Waals surface area (Å²) in [7, 11) is 0. The fraction of sp³-hybridized carbons (Fsp3) is 0.500. The van der Waals surface area contributed by atoms with Crippen LogP contribution in [0.25, 0.3) is 0 Å². The number of carbonyl (C=O) groups is 1. The number of amides is 1. The van der Waals surface area contributed by atoms with Crippen LogP contribution in [0.2, 0.25) is 0 Å². The molecule has 1 unspecified atom stereocenters. The van der Waals surface area contributed by atoms with Gasteiger partial charge < -0.3 is 10.0 Å². The van der Waals surface area contributed by atoms with Crippen LogP contribution in [0.5, 0.6) is 0 Å². The summed E-state index contributed by atoms with van der Waals surface area (Å²) in [6, 6.07) is 9.84. The highest BCUT2D eigenvalue weighted by Gasteiger charge is 2.44. The lowest BCUT2D eigenvalue weighted by molar-refractivity contribution is -0.144. The Kier molecular flexibility index (Phi) is 6.44. The summed E-state index contributed by atoms with van der Waals surface area (Å²) in [6.07, 6.45) is 7.86. The predicted molar refractivity (Wildman–Crippen MR) is 97.4 cm³/mol. The van der Waals surface area contributed by atoms with E-state index in [0.29, 0.717) is 13.0 Å². The van der Waals surface area contributed by atoms with Crippen LogP contribution >= 0.6 is 22.6 Å². The minimum atomic E-state index is -1.13. The lowest BCUT2D eigenvalue weighted by Crippen LogP contribution is -2.47. The number of carbonyl (C=O) groups excluding carboxylic acids is 1. The first-order valence-electron chi connectivity index (χ1n) is 8.03. The molecule has 0 aliphatic carbocycles. The lowest BCUT2D eigenvalue weighted by Gasteiger charge is -2.35. The predicted octanol–water partition coefficient (Wildman–Crippen LogP) is 4.40. The Labute approximate surface area is 146 Å². The maximum absolute atomic E-state index is 12.2. The first kappa shape index (κ1) is 17.5. The van der Waals surface area contributed by atoms with Gasteiger partial charge in [0.15, 0.2) is 5.72 Å². The van der Waals surface area contributed by atoms with Crippen molar-refractivity contribution in [3.05, 3.63) is 45.6 Å². The second-order valence-corrected chi connectivity index (χ2v) is 7.05. The summed E-state index contributed by atoms with van der Waals surface area (Å²) in [5, 5.41) is 11.0. The van der Waals surface area contributed by atoms with E-state index in [1.807, 2.05) is 30.3 Å². The van der Waals surface area contributed by atoms with Gasteiger partial charge in [0, 0.05) is 22.6 Å². The molecule has 1 atom stereocenters. The van der Waals surface area contributed by atoms with E-state index < -0.39 is 5.72 Å². The lowest BCUT2D eigenvalue weighted by atomic mass is 10.0. The Morgan fingerprint density at radius 1 is 1.14 bits per heavy atom. The van der Waals surface area contributed by atoms with Crippen molar-refractivity contribution in [3.8, 4) is 0 Å². The molecule has 0 fully saturated rings. The van der Waals surface area contributed by atoms with Crippen LogP contribution in [0.3, 0.4) is 0 Å². The SMILES string of the molecule is CCCCCCCC1(O)C(I)=CC(=O)N1Cc1ccccc1. The highest BCUT2D eigenvalue weighted by molar-refractivity contribution is 14.1. The molecule has 0 bridgehead atoms. The first-order valence-corrected chi connectivity index (χ1v) is 9.11. The van der Waals surface area contributed by atoms with E-state index in [9.17, 15) is 9.90 Å². The van der Waals surface area contributed by atoms with Crippen molar-refractivity contribution in [2.45, 2.75) is 57.7 Å². The van der Waals surface area contributed by atoms with Gasteiger partial charge in [0.1, 0.15) is 0 Å². The Morgan fingerprint density at radius 2 is 1.82 bits per heavy atom. The van der Waals surface area contributed by atoms with Crippen molar-refractivity contribution in [1.82, 2.24) is 4.90 Å². The van der Waals surface area contributed by atoms with Crippen LogP contribution < -0.4 is 0 Å². The van der Waals surface area contributed by atoms with Crippen molar-refractivity contribution >= 4 is 28.5 Å². The molecule has 120 valence electrons. The van der Waals surface area contributed by atoms with Crippen LogP contribution in [0.4, 0.5) is 0 Å². The third-order valence-corrected chi connectivity index (χ3v) is 5.33. The van der Waals surface area contributed by atoms with Gasteiger partial charge in [-0.2, -0.15) is 0 Å². The summed E-state index contributed by atoms with van der Waals surface area (Å²) in [4.78, 5) is 13.8. The van der Waals surface area contributed by atoms with Crippen LogP contribution in [0.15, 0.2) is 40.0 Å². The van der Waals surface area contributed by atoms with Crippen molar-refractivity contribution < 1.29 is 9.90 Å². The Balaban J connectivity index is 2.01. The number of unbranched alkanes of at least 4 members (excludes halogenated alkanes) is 4. The molecule has 1 amide bonds. The van der Waals surface area contributed by atoms with Gasteiger partial charge in [0.2, 0.25) is 5.91 Å². The quantitative estimate of drug-likeness (QED) is 0.507. The maximum Gasteiger partial charge on any atom is 0.250 e. The second kappa shape index (κ2) is 8.11. The van der Waals surface area contributed by atoms with Crippen molar-refractivity contribution in [2.75, 3.05) is 0 Å². The van der Waals surface area contributed by atoms with Crippen LogP contribution in [-0.2, 0) is 11.3 Å². The number of benzene rings is 1. The summed E-state index contributed by atoms with van der Waals surface area (Å²) in [6.45, 7) is 2.64. The van der Waals surface area contributed by atoms with Gasteiger partial charge in [-0.15, -0.1) is 0 Å². The minimum absolute atomic E-state index is 0.0932. The summed E-state index contributed by atoms with van der Waals surface area (Å²) in [5.41, 5.74) is -0.0839. The highest BCUT2D eigenvalue weighted by atomic mass is 127. The van der Waals surface area contributed by atoms with E-state index in [-0.39, 0.29) is 5.91 Å². The molecule has 4 heteroatoms. The Bertz CT molecular complexity index is 529. The van der Waals surface area contributed by atoms with Gasteiger partial charge in [-0.05, 0) is 34.6 Å².